The third kappa shape index (κ3) is 3.50. The van der Waals surface area contributed by atoms with Gasteiger partial charge in [-0.1, -0.05) is 12.1 Å². The Morgan fingerprint density at radius 3 is 2.79 bits per heavy atom. The quantitative estimate of drug-likeness (QED) is 0.469. The lowest BCUT2D eigenvalue weighted by atomic mass is 9.99. The van der Waals surface area contributed by atoms with E-state index in [2.05, 4.69) is 10.6 Å². The Morgan fingerprint density at radius 2 is 2.12 bits per heavy atom. The van der Waals surface area contributed by atoms with E-state index in [-0.39, 0.29) is 6.04 Å². The number of anilines is 1. The second kappa shape index (κ2) is 6.95. The number of alkyl halides is 4. The fourth-order valence-electron chi connectivity index (χ4n) is 2.97. The lowest BCUT2D eigenvalue weighted by Crippen LogP contribution is -2.45. The van der Waals surface area contributed by atoms with E-state index in [1.165, 1.54) is 18.3 Å². The standard InChI is InChI=1S/C16H17F4IN2S/c1-8(16(18,19)20)13-9-3-2-4-12(14(9)24-15(13)21)23-11-5-6-22-7-10(11)17/h2-4,8,10-11,22-23H,5-7H2,1H3. The highest BCUT2D eigenvalue weighted by atomic mass is 127. The molecule has 132 valence electrons. The van der Waals surface area contributed by atoms with Crippen molar-refractivity contribution >= 4 is 49.7 Å². The Labute approximate surface area is 155 Å². The van der Waals surface area contributed by atoms with E-state index in [9.17, 15) is 17.6 Å². The van der Waals surface area contributed by atoms with E-state index in [1.54, 1.807) is 12.1 Å². The Kier molecular flexibility index (Phi) is 5.27. The molecule has 8 heteroatoms. The maximum atomic E-state index is 14.0. The van der Waals surface area contributed by atoms with Crippen LogP contribution < -0.4 is 10.6 Å². The molecule has 3 atom stereocenters. The van der Waals surface area contributed by atoms with E-state index in [0.29, 0.717) is 32.5 Å². The SMILES string of the molecule is CC(c1c(I)sc2c(NC3CCNCC3F)cccc12)C(F)(F)F. The molecule has 0 amide bonds. The summed E-state index contributed by atoms with van der Waals surface area (Å²) in [5, 5.41) is 6.80. The van der Waals surface area contributed by atoms with E-state index in [0.717, 1.165) is 11.2 Å². The molecule has 3 rings (SSSR count). The van der Waals surface area contributed by atoms with Crippen molar-refractivity contribution in [2.45, 2.75) is 37.7 Å². The lowest BCUT2D eigenvalue weighted by Gasteiger charge is -2.28. The number of nitrogens with one attached hydrogen (secondary N) is 2. The topological polar surface area (TPSA) is 24.1 Å². The van der Waals surface area contributed by atoms with Crippen molar-refractivity contribution in [1.82, 2.24) is 5.32 Å². The van der Waals surface area contributed by atoms with Crippen LogP contribution >= 0.6 is 33.9 Å². The smallest absolute Gasteiger partial charge is 0.378 e. The molecule has 2 heterocycles. The highest BCUT2D eigenvalue weighted by molar-refractivity contribution is 14.1. The van der Waals surface area contributed by atoms with Crippen LogP contribution in [0, 0.1) is 2.88 Å². The molecule has 1 fully saturated rings. The molecule has 3 unspecified atom stereocenters. The number of fused-ring (bicyclic) bond motifs is 1. The molecule has 0 saturated carbocycles. The molecule has 2 nitrogen and oxygen atoms in total. The first-order chi connectivity index (χ1) is 11.3. The molecule has 2 N–H and O–H groups in total. The predicted molar refractivity (Wildman–Crippen MR) is 98.8 cm³/mol. The van der Waals surface area contributed by atoms with Crippen molar-refractivity contribution < 1.29 is 17.6 Å². The molecular formula is C16H17F4IN2S. The van der Waals surface area contributed by atoms with Crippen molar-refractivity contribution in [1.29, 1.82) is 0 Å². The molecular weight excluding hydrogens is 455 g/mol. The van der Waals surface area contributed by atoms with Crippen LogP contribution in [0.5, 0.6) is 0 Å². The van der Waals surface area contributed by atoms with Crippen molar-refractivity contribution in [3.63, 3.8) is 0 Å². The Bertz CT molecular complexity index is 731. The van der Waals surface area contributed by atoms with Gasteiger partial charge in [-0.2, -0.15) is 13.2 Å². The maximum absolute atomic E-state index is 14.0. The van der Waals surface area contributed by atoms with E-state index < -0.39 is 18.3 Å². The summed E-state index contributed by atoms with van der Waals surface area (Å²) in [6.07, 6.45) is -4.65. The van der Waals surface area contributed by atoms with Gasteiger partial charge in [-0.25, -0.2) is 4.39 Å². The van der Waals surface area contributed by atoms with Crippen LogP contribution in [0.15, 0.2) is 18.2 Å². The molecule has 1 aromatic carbocycles. The molecule has 2 aromatic rings. The Balaban J connectivity index is 1.99. The van der Waals surface area contributed by atoms with Crippen LogP contribution in [0.1, 0.15) is 24.8 Å². The van der Waals surface area contributed by atoms with Gasteiger partial charge in [0.2, 0.25) is 0 Å². The van der Waals surface area contributed by atoms with Crippen molar-refractivity contribution in [3.8, 4) is 0 Å². The van der Waals surface area contributed by atoms with E-state index >= 15 is 0 Å². The van der Waals surface area contributed by atoms with Gasteiger partial charge in [-0.15, -0.1) is 11.3 Å². The van der Waals surface area contributed by atoms with E-state index in [4.69, 9.17) is 0 Å². The third-order valence-electron chi connectivity index (χ3n) is 4.38. The minimum absolute atomic E-state index is 0.298. The molecule has 1 aliphatic rings. The van der Waals surface area contributed by atoms with Gasteiger partial charge in [0.1, 0.15) is 6.17 Å². The first kappa shape index (κ1) is 18.2. The summed E-state index contributed by atoms with van der Waals surface area (Å²) < 4.78 is 54.9. The van der Waals surface area contributed by atoms with Gasteiger partial charge in [0, 0.05) is 6.54 Å². The van der Waals surface area contributed by atoms with Crippen molar-refractivity contribution in [3.05, 3.63) is 26.6 Å². The Morgan fingerprint density at radius 1 is 1.38 bits per heavy atom. The average Bonchev–Trinajstić information content (AvgIpc) is 2.85. The summed E-state index contributed by atoms with van der Waals surface area (Å²) in [6.45, 7) is 2.21. The minimum atomic E-state index is -4.28. The summed E-state index contributed by atoms with van der Waals surface area (Å²) in [5.41, 5.74) is 1.03. The van der Waals surface area contributed by atoms with Gasteiger partial charge in [0.15, 0.2) is 0 Å². The summed E-state index contributed by atoms with van der Waals surface area (Å²) >= 11 is 3.29. The zero-order valence-corrected chi connectivity index (χ0v) is 15.9. The molecule has 24 heavy (non-hydrogen) atoms. The van der Waals surface area contributed by atoms with Crippen molar-refractivity contribution in [2.24, 2.45) is 0 Å². The number of rotatable bonds is 3. The number of thiophene rings is 1. The molecule has 1 aliphatic heterocycles. The summed E-state index contributed by atoms with van der Waals surface area (Å²) in [5.74, 6) is -1.53. The summed E-state index contributed by atoms with van der Waals surface area (Å²) in [4.78, 5) is 0. The third-order valence-corrected chi connectivity index (χ3v) is 6.67. The Hall–Kier alpha value is -0.610. The normalized spacial score (nSPS) is 23.4. The zero-order chi connectivity index (χ0) is 17.5. The van der Waals surface area contributed by atoms with Gasteiger partial charge >= 0.3 is 6.18 Å². The average molecular weight is 472 g/mol. The van der Waals surface area contributed by atoms with Crippen LogP contribution in [-0.2, 0) is 0 Å². The molecule has 1 aromatic heterocycles. The number of halogens is 5. The first-order valence-electron chi connectivity index (χ1n) is 7.68. The highest BCUT2D eigenvalue weighted by Crippen LogP contribution is 2.45. The number of benzene rings is 1. The zero-order valence-electron chi connectivity index (χ0n) is 12.9. The number of hydrogen-bond acceptors (Lipinski definition) is 3. The molecule has 1 saturated heterocycles. The molecule has 0 bridgehead atoms. The van der Waals surface area contributed by atoms with Gasteiger partial charge in [0.25, 0.3) is 0 Å². The summed E-state index contributed by atoms with van der Waals surface area (Å²) in [6, 6.07) is 4.94. The second-order valence-corrected chi connectivity index (χ2v) is 8.83. The number of hydrogen-bond donors (Lipinski definition) is 2. The molecule has 0 radical (unpaired) electrons. The van der Waals surface area contributed by atoms with Crippen LogP contribution in [-0.4, -0.2) is 31.5 Å². The minimum Gasteiger partial charge on any atom is -0.378 e. The van der Waals surface area contributed by atoms with Crippen LogP contribution in [0.4, 0.5) is 23.2 Å². The maximum Gasteiger partial charge on any atom is 0.395 e. The fourth-order valence-corrected chi connectivity index (χ4v) is 5.49. The second-order valence-electron chi connectivity index (χ2n) is 5.99. The molecule has 0 spiro atoms. The number of piperidine rings is 1. The van der Waals surface area contributed by atoms with Gasteiger partial charge < -0.3 is 10.6 Å². The lowest BCUT2D eigenvalue weighted by molar-refractivity contribution is -0.146. The van der Waals surface area contributed by atoms with Gasteiger partial charge in [0.05, 0.1) is 25.2 Å². The van der Waals surface area contributed by atoms with Crippen molar-refractivity contribution in [2.75, 3.05) is 18.4 Å². The monoisotopic (exact) mass is 472 g/mol. The van der Waals surface area contributed by atoms with Crippen LogP contribution in [0.3, 0.4) is 0 Å². The fraction of sp³-hybridized carbons (Fsp3) is 0.500. The van der Waals surface area contributed by atoms with Gasteiger partial charge in [-0.3, -0.25) is 0 Å². The molecule has 0 aliphatic carbocycles. The first-order valence-corrected chi connectivity index (χ1v) is 9.57. The van der Waals surface area contributed by atoms with Gasteiger partial charge in [-0.05, 0) is 59.5 Å². The summed E-state index contributed by atoms with van der Waals surface area (Å²) in [7, 11) is 0. The highest BCUT2D eigenvalue weighted by Gasteiger charge is 2.39. The predicted octanol–water partition coefficient (Wildman–Crippen LogP) is 5.28. The van der Waals surface area contributed by atoms with Crippen LogP contribution in [0.25, 0.3) is 10.1 Å². The van der Waals surface area contributed by atoms with E-state index in [1.807, 2.05) is 28.7 Å². The largest absolute Gasteiger partial charge is 0.395 e. The van der Waals surface area contributed by atoms with Crippen LogP contribution in [0.2, 0.25) is 0 Å².